The van der Waals surface area contributed by atoms with Crippen molar-refractivity contribution in [1.29, 1.82) is 5.26 Å². The zero-order chi connectivity index (χ0) is 8.54. The van der Waals surface area contributed by atoms with E-state index >= 15 is 0 Å². The number of methoxy groups -OCH3 is 1. The molecule has 0 heterocycles. The fourth-order valence-electron chi connectivity index (χ4n) is 1.95. The summed E-state index contributed by atoms with van der Waals surface area (Å²) in [5.74, 6) is 0. The molecule has 0 aliphatic heterocycles. The van der Waals surface area contributed by atoms with Gasteiger partial charge < -0.3 is 4.74 Å². The molecule has 1 aliphatic rings. The maximum Gasteiger partial charge on any atom is 0.158 e. The van der Waals surface area contributed by atoms with Gasteiger partial charge in [-0.3, -0.25) is 0 Å². The first-order chi connectivity index (χ1) is 5.08. The molecule has 0 aromatic rings. The van der Waals surface area contributed by atoms with Gasteiger partial charge >= 0.3 is 0 Å². The van der Waals surface area contributed by atoms with Crippen LogP contribution in [0, 0.1) is 16.7 Å². The number of hydrogen-bond donors (Lipinski definition) is 0. The van der Waals surface area contributed by atoms with E-state index in [2.05, 4.69) is 19.9 Å². The largest absolute Gasteiger partial charge is 0.363 e. The number of ether oxygens (including phenoxy) is 1. The van der Waals surface area contributed by atoms with E-state index in [1.54, 1.807) is 7.11 Å². The molecule has 1 unspecified atom stereocenters. The van der Waals surface area contributed by atoms with Crippen molar-refractivity contribution in [1.82, 2.24) is 0 Å². The molecular weight excluding hydrogens is 138 g/mol. The molecule has 0 bridgehead atoms. The van der Waals surface area contributed by atoms with Crippen LogP contribution in [0.4, 0.5) is 0 Å². The third kappa shape index (κ3) is 1.04. The van der Waals surface area contributed by atoms with Crippen molar-refractivity contribution >= 4 is 0 Å². The van der Waals surface area contributed by atoms with Crippen molar-refractivity contribution in [2.24, 2.45) is 5.41 Å². The highest BCUT2D eigenvalue weighted by atomic mass is 16.5. The highest BCUT2D eigenvalue weighted by molar-refractivity contribution is 5.13. The van der Waals surface area contributed by atoms with Gasteiger partial charge in [-0.2, -0.15) is 5.26 Å². The van der Waals surface area contributed by atoms with Crippen molar-refractivity contribution in [2.75, 3.05) is 7.11 Å². The Bertz CT molecular complexity index is 192. The van der Waals surface area contributed by atoms with E-state index in [0.717, 1.165) is 19.3 Å². The Balaban J connectivity index is 2.93. The summed E-state index contributed by atoms with van der Waals surface area (Å²) in [7, 11) is 1.64. The average molecular weight is 153 g/mol. The van der Waals surface area contributed by atoms with Gasteiger partial charge in [0.05, 0.1) is 6.07 Å². The summed E-state index contributed by atoms with van der Waals surface area (Å²) >= 11 is 0. The minimum atomic E-state index is -0.521. The van der Waals surface area contributed by atoms with Crippen molar-refractivity contribution in [2.45, 2.75) is 38.7 Å². The Morgan fingerprint density at radius 1 is 1.36 bits per heavy atom. The maximum atomic E-state index is 8.98. The molecule has 1 aliphatic carbocycles. The van der Waals surface area contributed by atoms with Gasteiger partial charge in [-0.05, 0) is 19.3 Å². The molecule has 0 spiro atoms. The maximum absolute atomic E-state index is 8.98. The second kappa shape index (κ2) is 2.49. The van der Waals surface area contributed by atoms with E-state index in [9.17, 15) is 0 Å². The topological polar surface area (TPSA) is 33.0 Å². The standard InChI is InChI=1S/C9H15NO/c1-8(2)5-4-6-9(8,7-10)11-3/h4-6H2,1-3H3. The smallest absolute Gasteiger partial charge is 0.158 e. The molecule has 2 nitrogen and oxygen atoms in total. The van der Waals surface area contributed by atoms with Crippen molar-refractivity contribution in [3.63, 3.8) is 0 Å². The molecule has 0 radical (unpaired) electrons. The van der Waals surface area contributed by atoms with E-state index in [1.165, 1.54) is 0 Å². The van der Waals surface area contributed by atoms with Crippen molar-refractivity contribution in [3.8, 4) is 6.07 Å². The SMILES string of the molecule is COC1(C#N)CCCC1(C)C. The number of nitriles is 1. The second-order valence-corrected chi connectivity index (χ2v) is 3.88. The fraction of sp³-hybridized carbons (Fsp3) is 0.889. The second-order valence-electron chi connectivity index (χ2n) is 3.88. The van der Waals surface area contributed by atoms with Gasteiger partial charge in [0.2, 0.25) is 0 Å². The van der Waals surface area contributed by atoms with Gasteiger partial charge in [0.25, 0.3) is 0 Å². The predicted molar refractivity (Wildman–Crippen MR) is 43.0 cm³/mol. The minimum Gasteiger partial charge on any atom is -0.363 e. The molecule has 2 heteroatoms. The van der Waals surface area contributed by atoms with Crippen LogP contribution >= 0.6 is 0 Å². The van der Waals surface area contributed by atoms with E-state index in [-0.39, 0.29) is 5.41 Å². The van der Waals surface area contributed by atoms with Crippen LogP contribution in [-0.2, 0) is 4.74 Å². The molecule has 1 saturated carbocycles. The molecule has 1 rings (SSSR count). The van der Waals surface area contributed by atoms with E-state index in [0.29, 0.717) is 0 Å². The number of nitrogens with zero attached hydrogens (tertiary/aromatic N) is 1. The molecule has 0 amide bonds. The summed E-state index contributed by atoms with van der Waals surface area (Å²) in [5, 5.41) is 8.98. The first kappa shape index (κ1) is 8.55. The lowest BCUT2D eigenvalue weighted by Gasteiger charge is -2.33. The van der Waals surface area contributed by atoms with Gasteiger partial charge in [0.1, 0.15) is 0 Å². The first-order valence-corrected chi connectivity index (χ1v) is 4.04. The van der Waals surface area contributed by atoms with Crippen LogP contribution in [0.15, 0.2) is 0 Å². The molecular formula is C9H15NO. The molecule has 0 aromatic heterocycles. The third-order valence-corrected chi connectivity index (χ3v) is 2.95. The molecule has 62 valence electrons. The zero-order valence-electron chi connectivity index (χ0n) is 7.48. The lowest BCUT2D eigenvalue weighted by molar-refractivity contribution is -0.0319. The third-order valence-electron chi connectivity index (χ3n) is 2.95. The van der Waals surface area contributed by atoms with Gasteiger partial charge in [-0.15, -0.1) is 0 Å². The molecule has 0 N–H and O–H groups in total. The van der Waals surface area contributed by atoms with Crippen LogP contribution in [0.2, 0.25) is 0 Å². The molecule has 1 fully saturated rings. The Morgan fingerprint density at radius 2 is 2.00 bits per heavy atom. The van der Waals surface area contributed by atoms with Crippen molar-refractivity contribution in [3.05, 3.63) is 0 Å². The lowest BCUT2D eigenvalue weighted by Crippen LogP contribution is -2.40. The summed E-state index contributed by atoms with van der Waals surface area (Å²) < 4.78 is 5.30. The van der Waals surface area contributed by atoms with Crippen LogP contribution in [0.5, 0.6) is 0 Å². The van der Waals surface area contributed by atoms with E-state index in [4.69, 9.17) is 10.00 Å². The number of hydrogen-bond acceptors (Lipinski definition) is 2. The van der Waals surface area contributed by atoms with Crippen LogP contribution < -0.4 is 0 Å². The molecule has 0 aromatic carbocycles. The summed E-state index contributed by atoms with van der Waals surface area (Å²) in [6.45, 7) is 4.21. The minimum absolute atomic E-state index is 0.0243. The van der Waals surface area contributed by atoms with Gasteiger partial charge in [0, 0.05) is 12.5 Å². The number of rotatable bonds is 1. The summed E-state index contributed by atoms with van der Waals surface area (Å²) in [6, 6.07) is 2.30. The molecule has 11 heavy (non-hydrogen) atoms. The van der Waals surface area contributed by atoms with Crippen LogP contribution in [0.1, 0.15) is 33.1 Å². The molecule has 0 saturated heterocycles. The average Bonchev–Trinajstić information content (AvgIpc) is 2.26. The van der Waals surface area contributed by atoms with Crippen LogP contribution in [-0.4, -0.2) is 12.7 Å². The quantitative estimate of drug-likeness (QED) is 0.578. The first-order valence-electron chi connectivity index (χ1n) is 4.04. The Morgan fingerprint density at radius 3 is 2.18 bits per heavy atom. The van der Waals surface area contributed by atoms with Crippen LogP contribution in [0.3, 0.4) is 0 Å². The monoisotopic (exact) mass is 153 g/mol. The predicted octanol–water partition coefficient (Wildman–Crippen LogP) is 2.11. The van der Waals surface area contributed by atoms with E-state index < -0.39 is 5.60 Å². The molecule has 1 atom stereocenters. The highest BCUT2D eigenvalue weighted by Gasteiger charge is 2.49. The summed E-state index contributed by atoms with van der Waals surface area (Å²) in [4.78, 5) is 0. The summed E-state index contributed by atoms with van der Waals surface area (Å²) in [6.07, 6.45) is 3.08. The van der Waals surface area contributed by atoms with Gasteiger partial charge in [-0.1, -0.05) is 13.8 Å². The Hall–Kier alpha value is -0.550. The van der Waals surface area contributed by atoms with Gasteiger partial charge in [-0.25, -0.2) is 0 Å². The lowest BCUT2D eigenvalue weighted by atomic mass is 9.79. The normalized spacial score (nSPS) is 35.1. The highest BCUT2D eigenvalue weighted by Crippen LogP contribution is 2.47. The Kier molecular flexibility index (Phi) is 1.94. The van der Waals surface area contributed by atoms with E-state index in [1.807, 2.05) is 0 Å². The van der Waals surface area contributed by atoms with Gasteiger partial charge in [0.15, 0.2) is 5.60 Å². The summed E-state index contributed by atoms with van der Waals surface area (Å²) in [5.41, 5.74) is -0.497. The Labute approximate surface area is 68.2 Å². The van der Waals surface area contributed by atoms with Crippen LogP contribution in [0.25, 0.3) is 0 Å². The zero-order valence-corrected chi connectivity index (χ0v) is 7.48. The fourth-order valence-corrected chi connectivity index (χ4v) is 1.95. The van der Waals surface area contributed by atoms with Crippen molar-refractivity contribution < 1.29 is 4.74 Å².